The summed E-state index contributed by atoms with van der Waals surface area (Å²) < 4.78 is 13.0. The number of pyridine rings is 1. The van der Waals surface area contributed by atoms with Crippen molar-refractivity contribution in [3.05, 3.63) is 71.7 Å². The molecule has 0 amide bonds. The quantitative estimate of drug-likeness (QED) is 0.539. The highest BCUT2D eigenvalue weighted by molar-refractivity contribution is 5.59. The van der Waals surface area contributed by atoms with E-state index in [1.54, 1.807) is 13.0 Å². The Bertz CT molecular complexity index is 912. The van der Waals surface area contributed by atoms with Crippen LogP contribution in [-0.4, -0.2) is 20.1 Å². The Morgan fingerprint density at radius 1 is 0.966 bits per heavy atom. The van der Waals surface area contributed by atoms with Crippen LogP contribution >= 0.6 is 0 Å². The number of H-pyrrole nitrogens is 1. The Labute approximate surface area is 173 Å². The van der Waals surface area contributed by atoms with Gasteiger partial charge in [0.1, 0.15) is 17.2 Å². The van der Waals surface area contributed by atoms with Gasteiger partial charge in [-0.05, 0) is 36.5 Å². The molecule has 0 aliphatic rings. The van der Waals surface area contributed by atoms with Crippen molar-refractivity contribution in [2.45, 2.75) is 60.0 Å². The predicted octanol–water partition coefficient (Wildman–Crippen LogP) is 5.68. The third kappa shape index (κ3) is 5.73. The van der Waals surface area contributed by atoms with Gasteiger partial charge in [-0.3, -0.25) is 4.98 Å². The lowest BCUT2D eigenvalue weighted by atomic mass is 9.85. The second-order valence-electron chi connectivity index (χ2n) is 8.46. The summed E-state index contributed by atoms with van der Waals surface area (Å²) in [6, 6.07) is 10.8. The zero-order valence-electron chi connectivity index (χ0n) is 17.0. The molecule has 2 aromatic heterocycles. The number of aromatic amines is 1. The maximum absolute atomic E-state index is 13.0. The molecule has 4 nitrogen and oxygen atoms in total. The summed E-state index contributed by atoms with van der Waals surface area (Å²) in [7, 11) is 0. The Morgan fingerprint density at radius 2 is 1.66 bits per heavy atom. The molecule has 1 unspecified atom stereocenters. The van der Waals surface area contributed by atoms with Crippen molar-refractivity contribution < 1.29 is 9.50 Å². The molecule has 2 N–H and O–H groups in total. The standard InChI is InChI=1S/C23H28FN3O.CH4/c1-5-22(2,3)13-19-15-26-21(27-19)23(4,28)12-16-6-8-17(9-7-16)20-11-10-18(24)14-25-20;/h6-11,14-15,28H,5,12-13H2,1-4H3,(H,26,27);1H4. The monoisotopic (exact) mass is 397 g/mol. The molecule has 0 aliphatic heterocycles. The molecule has 0 saturated heterocycles. The molecule has 3 aromatic rings. The summed E-state index contributed by atoms with van der Waals surface area (Å²) in [6.07, 6.45) is 5.44. The van der Waals surface area contributed by atoms with Gasteiger partial charge in [-0.2, -0.15) is 0 Å². The van der Waals surface area contributed by atoms with Gasteiger partial charge in [0.2, 0.25) is 0 Å². The zero-order valence-corrected chi connectivity index (χ0v) is 17.0. The van der Waals surface area contributed by atoms with Crippen LogP contribution in [0.2, 0.25) is 0 Å². The molecule has 3 rings (SSSR count). The number of hydrogen-bond acceptors (Lipinski definition) is 3. The van der Waals surface area contributed by atoms with E-state index >= 15 is 0 Å². The minimum absolute atomic E-state index is 0. The molecule has 2 heterocycles. The summed E-state index contributed by atoms with van der Waals surface area (Å²) in [4.78, 5) is 11.8. The molecule has 0 fully saturated rings. The third-order valence-electron chi connectivity index (χ3n) is 5.29. The lowest BCUT2D eigenvalue weighted by molar-refractivity contribution is 0.0488. The summed E-state index contributed by atoms with van der Waals surface area (Å²) in [5, 5.41) is 11.0. The van der Waals surface area contributed by atoms with Gasteiger partial charge in [0.15, 0.2) is 0 Å². The summed E-state index contributed by atoms with van der Waals surface area (Å²) in [5.41, 5.74) is 2.76. The normalized spacial score (nSPS) is 13.6. The lowest BCUT2D eigenvalue weighted by Crippen LogP contribution is -2.26. The van der Waals surface area contributed by atoms with Crippen LogP contribution in [0.3, 0.4) is 0 Å². The fraction of sp³-hybridized carbons (Fsp3) is 0.417. The van der Waals surface area contributed by atoms with Gasteiger partial charge < -0.3 is 10.1 Å². The summed E-state index contributed by atoms with van der Waals surface area (Å²) >= 11 is 0. The second kappa shape index (κ2) is 8.87. The highest BCUT2D eigenvalue weighted by Crippen LogP contribution is 2.28. The highest BCUT2D eigenvalue weighted by Gasteiger charge is 2.28. The van der Waals surface area contributed by atoms with Crippen molar-refractivity contribution in [2.24, 2.45) is 5.41 Å². The summed E-state index contributed by atoms with van der Waals surface area (Å²) in [5.74, 6) is 0.232. The fourth-order valence-corrected chi connectivity index (χ4v) is 3.18. The molecule has 1 atom stereocenters. The van der Waals surface area contributed by atoms with Crippen molar-refractivity contribution in [1.82, 2.24) is 15.0 Å². The van der Waals surface area contributed by atoms with Crippen LogP contribution in [0.15, 0.2) is 48.8 Å². The van der Waals surface area contributed by atoms with Gasteiger partial charge in [-0.15, -0.1) is 0 Å². The molecule has 29 heavy (non-hydrogen) atoms. The molecular weight excluding hydrogens is 365 g/mol. The fourth-order valence-electron chi connectivity index (χ4n) is 3.18. The molecule has 0 saturated carbocycles. The van der Waals surface area contributed by atoms with E-state index in [0.29, 0.717) is 17.9 Å². The number of aromatic nitrogens is 3. The Kier molecular flexibility index (Phi) is 6.96. The van der Waals surface area contributed by atoms with Crippen molar-refractivity contribution in [2.75, 3.05) is 0 Å². The van der Waals surface area contributed by atoms with Crippen LogP contribution in [-0.2, 0) is 18.4 Å². The number of nitrogens with zero attached hydrogens (tertiary/aromatic N) is 2. The molecular formula is C24H32FN3O. The largest absolute Gasteiger partial charge is 0.382 e. The van der Waals surface area contributed by atoms with Crippen LogP contribution in [0.5, 0.6) is 0 Å². The van der Waals surface area contributed by atoms with E-state index in [2.05, 4.69) is 35.7 Å². The van der Waals surface area contributed by atoms with E-state index in [9.17, 15) is 9.50 Å². The molecule has 0 bridgehead atoms. The van der Waals surface area contributed by atoms with Crippen molar-refractivity contribution in [3.63, 3.8) is 0 Å². The van der Waals surface area contributed by atoms with Crippen molar-refractivity contribution in [1.29, 1.82) is 0 Å². The van der Waals surface area contributed by atoms with Gasteiger partial charge in [0.25, 0.3) is 0 Å². The molecule has 0 radical (unpaired) electrons. The van der Waals surface area contributed by atoms with E-state index in [1.807, 2.05) is 30.5 Å². The summed E-state index contributed by atoms with van der Waals surface area (Å²) in [6.45, 7) is 8.40. The average molecular weight is 398 g/mol. The number of benzene rings is 1. The Hall–Kier alpha value is -2.53. The molecule has 0 spiro atoms. The highest BCUT2D eigenvalue weighted by atomic mass is 19.1. The number of imidazole rings is 1. The number of aliphatic hydroxyl groups is 1. The Morgan fingerprint density at radius 3 is 2.24 bits per heavy atom. The van der Waals surface area contributed by atoms with E-state index in [1.165, 1.54) is 12.3 Å². The van der Waals surface area contributed by atoms with Gasteiger partial charge in [0.05, 0.1) is 11.9 Å². The number of nitrogens with one attached hydrogen (secondary N) is 1. The van der Waals surface area contributed by atoms with Crippen LogP contribution < -0.4 is 0 Å². The molecule has 156 valence electrons. The first-order valence-corrected chi connectivity index (χ1v) is 9.66. The smallest absolute Gasteiger partial charge is 0.141 e. The van der Waals surface area contributed by atoms with Crippen molar-refractivity contribution in [3.8, 4) is 11.3 Å². The SMILES string of the molecule is C.CCC(C)(C)Cc1cnc(C(C)(O)Cc2ccc(-c3ccc(F)cn3)cc2)[nH]1. The van der Waals surface area contributed by atoms with Crippen LogP contribution in [0, 0.1) is 11.2 Å². The maximum Gasteiger partial charge on any atom is 0.141 e. The molecule has 5 heteroatoms. The number of rotatable bonds is 7. The maximum atomic E-state index is 13.0. The topological polar surface area (TPSA) is 61.8 Å². The Balaban J connectivity index is 0.00000300. The van der Waals surface area contributed by atoms with Gasteiger partial charge in [0, 0.05) is 23.9 Å². The van der Waals surface area contributed by atoms with E-state index < -0.39 is 5.60 Å². The van der Waals surface area contributed by atoms with E-state index in [4.69, 9.17) is 0 Å². The first-order valence-electron chi connectivity index (χ1n) is 9.66. The molecule has 1 aromatic carbocycles. The van der Waals surface area contributed by atoms with Crippen LogP contribution in [0.25, 0.3) is 11.3 Å². The van der Waals surface area contributed by atoms with Crippen LogP contribution in [0.4, 0.5) is 4.39 Å². The van der Waals surface area contributed by atoms with E-state index in [0.717, 1.165) is 29.7 Å². The number of hydrogen-bond donors (Lipinski definition) is 2. The third-order valence-corrected chi connectivity index (χ3v) is 5.29. The van der Waals surface area contributed by atoms with Gasteiger partial charge in [-0.25, -0.2) is 9.37 Å². The predicted molar refractivity (Wildman–Crippen MR) is 116 cm³/mol. The van der Waals surface area contributed by atoms with Gasteiger partial charge in [-0.1, -0.05) is 58.9 Å². The zero-order chi connectivity index (χ0) is 20.4. The van der Waals surface area contributed by atoms with Crippen LogP contribution in [0.1, 0.15) is 58.6 Å². The van der Waals surface area contributed by atoms with E-state index in [-0.39, 0.29) is 18.7 Å². The van der Waals surface area contributed by atoms with Gasteiger partial charge >= 0.3 is 0 Å². The first kappa shape index (κ1) is 22.8. The number of halogens is 1. The molecule has 0 aliphatic carbocycles. The second-order valence-corrected chi connectivity index (χ2v) is 8.46. The average Bonchev–Trinajstić information content (AvgIpc) is 3.12. The lowest BCUT2D eigenvalue weighted by Gasteiger charge is -2.23. The van der Waals surface area contributed by atoms with Crippen molar-refractivity contribution >= 4 is 0 Å². The minimum Gasteiger partial charge on any atom is -0.382 e. The first-order chi connectivity index (χ1) is 13.2. The minimum atomic E-state index is -1.09.